The topological polar surface area (TPSA) is 112 Å². The second-order valence-electron chi connectivity index (χ2n) is 4.00. The highest BCUT2D eigenvalue weighted by atomic mass is 32.2. The summed E-state index contributed by atoms with van der Waals surface area (Å²) in [5, 5.41) is 5.12. The first-order valence-electron chi connectivity index (χ1n) is 5.27. The summed E-state index contributed by atoms with van der Waals surface area (Å²) in [4.78, 5) is 10.7. The average Bonchev–Trinajstić information content (AvgIpc) is 2.12. The molecule has 0 saturated carbocycles. The Balaban J connectivity index is 2.97. The number of primary amides is 1. The Labute approximate surface area is 106 Å². The van der Waals surface area contributed by atoms with Crippen molar-refractivity contribution in [1.29, 1.82) is 0 Å². The number of ether oxygens (including phenoxy) is 1. The van der Waals surface area contributed by atoms with Crippen molar-refractivity contribution >= 4 is 15.9 Å². The molecular formula is C11H16N2O4S. The first-order valence-corrected chi connectivity index (χ1v) is 6.81. The van der Waals surface area contributed by atoms with Crippen LogP contribution in [-0.2, 0) is 14.8 Å². The standard InChI is InChI=1S/C11H16N2O4S/c1-7-5-9(17-4-3-10(12)14)6-8(2)11(7)18(13,15)16/h5-6H,3-4H2,1-2H3,(H2,12,14)(H2,13,15,16). The average molecular weight is 272 g/mol. The van der Waals surface area contributed by atoms with Crippen LogP contribution in [0.4, 0.5) is 0 Å². The highest BCUT2D eigenvalue weighted by Crippen LogP contribution is 2.24. The summed E-state index contributed by atoms with van der Waals surface area (Å²) >= 11 is 0. The molecule has 0 aromatic heterocycles. The predicted molar refractivity (Wildman–Crippen MR) is 66.6 cm³/mol. The number of carbonyl (C=O) groups excluding carboxylic acids is 1. The minimum Gasteiger partial charge on any atom is -0.493 e. The lowest BCUT2D eigenvalue weighted by molar-refractivity contribution is -0.118. The van der Waals surface area contributed by atoms with Crippen LogP contribution in [0.5, 0.6) is 5.75 Å². The largest absolute Gasteiger partial charge is 0.493 e. The fourth-order valence-electron chi connectivity index (χ4n) is 1.71. The molecule has 0 radical (unpaired) electrons. The van der Waals surface area contributed by atoms with Gasteiger partial charge in [0.15, 0.2) is 0 Å². The molecule has 0 aliphatic rings. The molecule has 4 N–H and O–H groups in total. The summed E-state index contributed by atoms with van der Waals surface area (Å²) in [5.74, 6) is 0.0308. The highest BCUT2D eigenvalue weighted by Gasteiger charge is 2.16. The number of sulfonamides is 1. The molecule has 0 aliphatic carbocycles. The minimum atomic E-state index is -3.74. The summed E-state index contributed by atoms with van der Waals surface area (Å²) in [7, 11) is -3.74. The van der Waals surface area contributed by atoms with Crippen molar-refractivity contribution in [3.63, 3.8) is 0 Å². The molecule has 1 aromatic rings. The van der Waals surface area contributed by atoms with E-state index in [1.807, 2.05) is 0 Å². The number of rotatable bonds is 5. The molecule has 0 fully saturated rings. The maximum atomic E-state index is 11.4. The zero-order valence-electron chi connectivity index (χ0n) is 10.3. The number of hydrogen-bond donors (Lipinski definition) is 2. The van der Waals surface area contributed by atoms with Crippen molar-refractivity contribution in [1.82, 2.24) is 0 Å². The summed E-state index contributed by atoms with van der Waals surface area (Å²) < 4.78 is 28.0. The van der Waals surface area contributed by atoms with Crippen molar-refractivity contribution in [2.24, 2.45) is 10.9 Å². The molecule has 0 bridgehead atoms. The predicted octanol–water partition coefficient (Wildman–Crippen LogP) is 0.205. The van der Waals surface area contributed by atoms with Crippen LogP contribution in [0.1, 0.15) is 17.5 Å². The molecule has 1 aromatic carbocycles. The smallest absolute Gasteiger partial charge is 0.238 e. The van der Waals surface area contributed by atoms with Gasteiger partial charge in [-0.2, -0.15) is 0 Å². The van der Waals surface area contributed by atoms with Crippen molar-refractivity contribution in [3.05, 3.63) is 23.3 Å². The number of hydrogen-bond acceptors (Lipinski definition) is 4. The molecule has 0 heterocycles. The summed E-state index contributed by atoms with van der Waals surface area (Å²) in [6, 6.07) is 3.13. The van der Waals surface area contributed by atoms with Gasteiger partial charge in [-0.05, 0) is 37.1 Å². The third-order valence-electron chi connectivity index (χ3n) is 2.34. The van der Waals surface area contributed by atoms with E-state index in [1.54, 1.807) is 26.0 Å². The van der Waals surface area contributed by atoms with Crippen LogP contribution in [-0.4, -0.2) is 20.9 Å². The SMILES string of the molecule is Cc1cc(OCCC(N)=O)cc(C)c1S(N)(=O)=O. The van der Waals surface area contributed by atoms with Gasteiger partial charge < -0.3 is 10.5 Å². The molecule has 7 heteroatoms. The zero-order chi connectivity index (χ0) is 13.9. The number of benzene rings is 1. The zero-order valence-corrected chi connectivity index (χ0v) is 11.1. The van der Waals surface area contributed by atoms with Crippen LogP contribution >= 0.6 is 0 Å². The molecule has 0 atom stereocenters. The van der Waals surface area contributed by atoms with E-state index in [9.17, 15) is 13.2 Å². The van der Waals surface area contributed by atoms with Gasteiger partial charge in [-0.15, -0.1) is 0 Å². The van der Waals surface area contributed by atoms with Gasteiger partial charge >= 0.3 is 0 Å². The lowest BCUT2D eigenvalue weighted by Gasteiger charge is -2.11. The minimum absolute atomic E-state index is 0.102. The van der Waals surface area contributed by atoms with Crippen LogP contribution in [0.3, 0.4) is 0 Å². The van der Waals surface area contributed by atoms with Crippen molar-refractivity contribution in [2.45, 2.75) is 25.2 Å². The number of aryl methyl sites for hydroxylation is 2. The van der Waals surface area contributed by atoms with E-state index in [0.717, 1.165) is 0 Å². The van der Waals surface area contributed by atoms with E-state index < -0.39 is 15.9 Å². The lowest BCUT2D eigenvalue weighted by Crippen LogP contribution is -2.16. The van der Waals surface area contributed by atoms with E-state index in [2.05, 4.69) is 0 Å². The number of nitrogens with two attached hydrogens (primary N) is 2. The van der Waals surface area contributed by atoms with Crippen LogP contribution < -0.4 is 15.6 Å². The van der Waals surface area contributed by atoms with Crippen molar-refractivity contribution in [2.75, 3.05) is 6.61 Å². The van der Waals surface area contributed by atoms with Crippen LogP contribution in [0.25, 0.3) is 0 Å². The lowest BCUT2D eigenvalue weighted by atomic mass is 10.1. The van der Waals surface area contributed by atoms with Gasteiger partial charge in [-0.3, -0.25) is 4.79 Å². The Hall–Kier alpha value is -1.60. The molecule has 0 saturated heterocycles. The molecule has 1 amide bonds. The third-order valence-corrected chi connectivity index (χ3v) is 3.55. The molecule has 0 spiro atoms. The Bertz CT molecular complexity index is 543. The highest BCUT2D eigenvalue weighted by molar-refractivity contribution is 7.89. The Morgan fingerprint density at radius 2 is 1.78 bits per heavy atom. The molecule has 100 valence electrons. The van der Waals surface area contributed by atoms with E-state index in [-0.39, 0.29) is 17.9 Å². The van der Waals surface area contributed by atoms with E-state index >= 15 is 0 Å². The van der Waals surface area contributed by atoms with Crippen molar-refractivity contribution in [3.8, 4) is 5.75 Å². The van der Waals surface area contributed by atoms with E-state index in [4.69, 9.17) is 15.6 Å². The number of amides is 1. The third kappa shape index (κ3) is 3.71. The summed E-state index contributed by atoms with van der Waals surface area (Å²) in [6.45, 7) is 3.42. The normalized spacial score (nSPS) is 11.3. The second kappa shape index (κ2) is 5.36. The van der Waals surface area contributed by atoms with Gasteiger partial charge in [-0.25, -0.2) is 13.6 Å². The Kier molecular flexibility index (Phi) is 4.31. The van der Waals surface area contributed by atoms with Gasteiger partial charge in [0.1, 0.15) is 5.75 Å². The monoisotopic (exact) mass is 272 g/mol. The molecule has 0 unspecified atom stereocenters. The van der Waals surface area contributed by atoms with Gasteiger partial charge in [0, 0.05) is 0 Å². The van der Waals surface area contributed by atoms with Gasteiger partial charge in [0.2, 0.25) is 15.9 Å². The van der Waals surface area contributed by atoms with Gasteiger partial charge in [-0.1, -0.05) is 0 Å². The van der Waals surface area contributed by atoms with E-state index in [0.29, 0.717) is 16.9 Å². The van der Waals surface area contributed by atoms with E-state index in [1.165, 1.54) is 0 Å². The Morgan fingerprint density at radius 1 is 1.28 bits per heavy atom. The molecule has 6 nitrogen and oxygen atoms in total. The fourth-order valence-corrected chi connectivity index (χ4v) is 2.73. The van der Waals surface area contributed by atoms with Gasteiger partial charge in [0.05, 0.1) is 17.9 Å². The second-order valence-corrected chi connectivity index (χ2v) is 5.49. The van der Waals surface area contributed by atoms with Gasteiger partial charge in [0.25, 0.3) is 0 Å². The quantitative estimate of drug-likeness (QED) is 0.797. The van der Waals surface area contributed by atoms with Crippen molar-refractivity contribution < 1.29 is 17.9 Å². The number of primary sulfonamides is 1. The van der Waals surface area contributed by atoms with Crippen LogP contribution in [0.2, 0.25) is 0 Å². The summed E-state index contributed by atoms with van der Waals surface area (Å²) in [5.41, 5.74) is 6.00. The molecular weight excluding hydrogens is 256 g/mol. The summed E-state index contributed by atoms with van der Waals surface area (Å²) in [6.07, 6.45) is 0.106. The maximum absolute atomic E-state index is 11.4. The molecule has 18 heavy (non-hydrogen) atoms. The molecule has 1 rings (SSSR count). The first kappa shape index (κ1) is 14.5. The first-order chi connectivity index (χ1) is 8.21. The van der Waals surface area contributed by atoms with Crippen LogP contribution in [0.15, 0.2) is 17.0 Å². The fraction of sp³-hybridized carbons (Fsp3) is 0.364. The number of carbonyl (C=O) groups is 1. The van der Waals surface area contributed by atoms with Crippen LogP contribution in [0, 0.1) is 13.8 Å². The molecule has 0 aliphatic heterocycles. The Morgan fingerprint density at radius 3 is 2.17 bits per heavy atom. The maximum Gasteiger partial charge on any atom is 0.238 e.